The molecule has 0 aromatic rings. The molecule has 1 nitrogen and oxygen atoms in total. The van der Waals surface area contributed by atoms with E-state index in [2.05, 4.69) is 4.74 Å². The summed E-state index contributed by atoms with van der Waals surface area (Å²) in [5.74, 6) is 0. The van der Waals surface area contributed by atoms with Crippen LogP contribution in [-0.4, -0.2) is 59.5 Å². The molecule has 0 fully saturated rings. The summed E-state index contributed by atoms with van der Waals surface area (Å²) in [6.07, 6.45) is -9.69. The highest BCUT2D eigenvalue weighted by molar-refractivity contribution is 4.57. The Labute approximate surface area is 164 Å². The average Bonchev–Trinajstić information content (AvgIpc) is 2.57. The van der Waals surface area contributed by atoms with E-state index in [1.54, 1.807) is 6.92 Å². The molecule has 0 aliphatic heterocycles. The van der Waals surface area contributed by atoms with Gasteiger partial charge in [-0.2, -0.15) is 13.2 Å². The first kappa shape index (κ1) is 42.9. The fourth-order valence-corrected chi connectivity index (χ4v) is 0.895. The SMILES string of the molecule is CCCC(CCF)OC(F)(F)F.CCF.FCC(F)(F)F.FCF.FCF.FCF. The lowest BCUT2D eigenvalue weighted by atomic mass is 10.1. The Morgan fingerprint density at radius 3 is 1.03 bits per heavy atom. The minimum absolute atomic E-state index is 0.187. The number of halogens is 15. The molecule has 0 heterocycles. The summed E-state index contributed by atoms with van der Waals surface area (Å²) in [5, 5.41) is 0. The van der Waals surface area contributed by atoms with Crippen LogP contribution in [0, 0.1) is 0 Å². The van der Waals surface area contributed by atoms with Gasteiger partial charge >= 0.3 is 12.5 Å². The number of alkyl halides is 15. The maximum absolute atomic E-state index is 11.7. The first-order valence-corrected chi connectivity index (χ1v) is 7.56. The zero-order valence-corrected chi connectivity index (χ0v) is 16.0. The lowest BCUT2D eigenvalue weighted by Gasteiger charge is -2.16. The van der Waals surface area contributed by atoms with Gasteiger partial charge in [-0.05, 0) is 13.3 Å². The van der Waals surface area contributed by atoms with Crippen molar-refractivity contribution in [1.29, 1.82) is 0 Å². The van der Waals surface area contributed by atoms with Crippen LogP contribution >= 0.6 is 0 Å². The molecule has 0 aliphatic carbocycles. The monoisotopic (exact) mass is 494 g/mol. The highest BCUT2D eigenvalue weighted by Crippen LogP contribution is 2.22. The zero-order valence-electron chi connectivity index (χ0n) is 16.0. The van der Waals surface area contributed by atoms with E-state index in [-0.39, 0.29) is 19.5 Å². The van der Waals surface area contributed by atoms with Crippen molar-refractivity contribution in [3.8, 4) is 0 Å². The van der Waals surface area contributed by atoms with Crippen LogP contribution in [0.25, 0.3) is 0 Å². The Morgan fingerprint density at radius 2 is 0.900 bits per heavy atom. The fourth-order valence-electron chi connectivity index (χ4n) is 0.895. The van der Waals surface area contributed by atoms with Gasteiger partial charge in [0.25, 0.3) is 0 Å². The second kappa shape index (κ2) is 35.4. The van der Waals surface area contributed by atoms with Crippen molar-refractivity contribution in [2.45, 2.75) is 51.8 Å². The molecule has 0 saturated heterocycles. The van der Waals surface area contributed by atoms with Crippen molar-refractivity contribution in [3.63, 3.8) is 0 Å². The average molecular weight is 494 g/mol. The summed E-state index contributed by atoms with van der Waals surface area (Å²) < 4.78 is 160. The van der Waals surface area contributed by atoms with E-state index >= 15 is 0 Å². The molecule has 16 heteroatoms. The van der Waals surface area contributed by atoms with Crippen molar-refractivity contribution >= 4 is 0 Å². The Bertz CT molecular complexity index is 234. The van der Waals surface area contributed by atoms with Crippen molar-refractivity contribution in [3.05, 3.63) is 0 Å². The van der Waals surface area contributed by atoms with Crippen LogP contribution in [0.5, 0.6) is 0 Å². The van der Waals surface area contributed by atoms with Crippen molar-refractivity contribution in [2.24, 2.45) is 0 Å². The molecule has 0 spiro atoms. The Morgan fingerprint density at radius 1 is 0.633 bits per heavy atom. The normalized spacial score (nSPS) is 10.7. The Kier molecular flexibility index (Phi) is 50.6. The molecular weight excluding hydrogens is 469 g/mol. The molecule has 1 atom stereocenters. The molecule has 0 amide bonds. The van der Waals surface area contributed by atoms with Crippen LogP contribution in [-0.2, 0) is 4.74 Å². The second-order valence-corrected chi connectivity index (χ2v) is 3.77. The molecule has 0 saturated carbocycles. The molecule has 192 valence electrons. The first-order chi connectivity index (χ1) is 13.7. The highest BCUT2D eigenvalue weighted by Gasteiger charge is 2.32. The summed E-state index contributed by atoms with van der Waals surface area (Å²) >= 11 is 0. The maximum Gasteiger partial charge on any atom is 0.522 e. The predicted molar refractivity (Wildman–Crippen MR) is 81.4 cm³/mol. The summed E-state index contributed by atoms with van der Waals surface area (Å²) in [7, 11) is 0. The third-order valence-corrected chi connectivity index (χ3v) is 1.49. The summed E-state index contributed by atoms with van der Waals surface area (Å²) in [5.41, 5.74) is 0. The van der Waals surface area contributed by atoms with Crippen molar-refractivity contribution < 1.29 is 70.6 Å². The van der Waals surface area contributed by atoms with Gasteiger partial charge in [0, 0.05) is 6.42 Å². The fraction of sp³-hybridized carbons (Fsp3) is 1.00. The van der Waals surface area contributed by atoms with Gasteiger partial charge in [-0.15, -0.1) is 13.2 Å². The maximum atomic E-state index is 11.7. The van der Waals surface area contributed by atoms with E-state index < -0.39 is 52.8 Å². The third-order valence-electron chi connectivity index (χ3n) is 1.49. The van der Waals surface area contributed by atoms with Gasteiger partial charge in [0.2, 0.25) is 20.8 Å². The molecule has 0 N–H and O–H groups in total. The van der Waals surface area contributed by atoms with Gasteiger partial charge in [-0.3, -0.25) is 13.5 Å². The molecule has 0 radical (unpaired) electrons. The third kappa shape index (κ3) is 108. The van der Waals surface area contributed by atoms with Crippen LogP contribution in [0.2, 0.25) is 0 Å². The van der Waals surface area contributed by atoms with Crippen LogP contribution in [0.1, 0.15) is 33.1 Å². The Hall–Kier alpha value is -1.09. The van der Waals surface area contributed by atoms with Gasteiger partial charge in [0.05, 0.1) is 19.5 Å². The zero-order chi connectivity index (χ0) is 25.6. The van der Waals surface area contributed by atoms with Crippen LogP contribution in [0.15, 0.2) is 0 Å². The molecule has 0 aromatic heterocycles. The second-order valence-electron chi connectivity index (χ2n) is 3.77. The van der Waals surface area contributed by atoms with E-state index in [1.165, 1.54) is 6.92 Å². The molecule has 0 rings (SSSR count). The summed E-state index contributed by atoms with van der Waals surface area (Å²) in [6.45, 7) is -5.32. The molecule has 0 aliphatic rings. The van der Waals surface area contributed by atoms with E-state index in [1.807, 2.05) is 0 Å². The molecule has 30 heavy (non-hydrogen) atoms. The van der Waals surface area contributed by atoms with Crippen molar-refractivity contribution in [2.75, 3.05) is 40.8 Å². The van der Waals surface area contributed by atoms with Gasteiger partial charge in [0.1, 0.15) is 0 Å². The number of ether oxygens (including phenoxy) is 1. The molecule has 0 bridgehead atoms. The quantitative estimate of drug-likeness (QED) is 0.350. The first-order valence-electron chi connectivity index (χ1n) is 7.56. The lowest BCUT2D eigenvalue weighted by molar-refractivity contribution is -0.344. The van der Waals surface area contributed by atoms with Gasteiger partial charge in [-0.25, -0.2) is 30.7 Å². The predicted octanol–water partition coefficient (Wildman–Crippen LogP) is 8.19. The summed E-state index contributed by atoms with van der Waals surface area (Å²) in [6, 6.07) is 0. The molecular formula is C14H25F15O. The van der Waals surface area contributed by atoms with E-state index in [9.17, 15) is 65.9 Å². The Balaban J connectivity index is -0.0000000669. The standard InChI is InChI=1S/C7H12F4O.C2H2F4.C2H5F.3CH2F2/c1-2-3-6(4-5-8)12-7(9,10)11;3-1-2(4,5)6;1-2-3;3*2-1-3/h6H,2-5H2,1H3;1H2;2H2,1H3;3*1H2. The van der Waals surface area contributed by atoms with Gasteiger partial charge in [0.15, 0.2) is 6.67 Å². The number of hydrogen-bond acceptors (Lipinski definition) is 1. The van der Waals surface area contributed by atoms with Gasteiger partial charge in [-0.1, -0.05) is 13.3 Å². The highest BCUT2D eigenvalue weighted by atomic mass is 19.4. The van der Waals surface area contributed by atoms with E-state index in [0.717, 1.165) is 0 Å². The van der Waals surface area contributed by atoms with Crippen LogP contribution in [0.4, 0.5) is 65.9 Å². The minimum atomic E-state index is -4.64. The smallest absolute Gasteiger partial charge is 0.288 e. The van der Waals surface area contributed by atoms with Crippen LogP contribution in [0.3, 0.4) is 0 Å². The van der Waals surface area contributed by atoms with Crippen LogP contribution < -0.4 is 0 Å². The van der Waals surface area contributed by atoms with Gasteiger partial charge < -0.3 is 0 Å². The molecule has 1 unspecified atom stereocenters. The molecule has 0 aromatic carbocycles. The topological polar surface area (TPSA) is 9.23 Å². The van der Waals surface area contributed by atoms with E-state index in [4.69, 9.17) is 0 Å². The van der Waals surface area contributed by atoms with Crippen molar-refractivity contribution in [1.82, 2.24) is 0 Å². The lowest BCUT2D eigenvalue weighted by Crippen LogP contribution is -2.24. The van der Waals surface area contributed by atoms with E-state index in [0.29, 0.717) is 6.42 Å². The summed E-state index contributed by atoms with van der Waals surface area (Å²) in [4.78, 5) is 0. The minimum Gasteiger partial charge on any atom is -0.288 e. The number of hydrogen-bond donors (Lipinski definition) is 0. The largest absolute Gasteiger partial charge is 0.522 e. The number of rotatable bonds is 5.